The van der Waals surface area contributed by atoms with Gasteiger partial charge in [0.05, 0.1) is 0 Å². The lowest BCUT2D eigenvalue weighted by atomic mass is 10.2. The second kappa shape index (κ2) is 11.1. The summed E-state index contributed by atoms with van der Waals surface area (Å²) in [7, 11) is 1.69. The molecule has 0 spiro atoms. The Hall–Kier alpha value is -1.48. The third-order valence-electron chi connectivity index (χ3n) is 3.10. The van der Waals surface area contributed by atoms with E-state index in [9.17, 15) is 9.50 Å². The second-order valence-corrected chi connectivity index (χ2v) is 5.97. The standard InChI is InChI=1S/C17H20FN3OS.HI/c1-19-17(20-9-10-23-14-5-3-2-4-6-14)21-12-13-7-8-16(22)15(18)11-13;/h2-8,11,22H,9-10,12H2,1H3,(H2,19,20,21);1H. The highest BCUT2D eigenvalue weighted by atomic mass is 127. The van der Waals surface area contributed by atoms with E-state index in [0.717, 1.165) is 17.9 Å². The Balaban J connectivity index is 0.00000288. The van der Waals surface area contributed by atoms with Crippen LogP contribution in [0.3, 0.4) is 0 Å². The van der Waals surface area contributed by atoms with E-state index in [1.165, 1.54) is 17.0 Å². The topological polar surface area (TPSA) is 56.7 Å². The van der Waals surface area contributed by atoms with E-state index in [-0.39, 0.29) is 29.7 Å². The summed E-state index contributed by atoms with van der Waals surface area (Å²) < 4.78 is 13.3. The monoisotopic (exact) mass is 461 g/mol. The Morgan fingerprint density at radius 3 is 2.58 bits per heavy atom. The fourth-order valence-electron chi connectivity index (χ4n) is 1.92. The molecule has 24 heavy (non-hydrogen) atoms. The second-order valence-electron chi connectivity index (χ2n) is 4.80. The predicted molar refractivity (Wildman–Crippen MR) is 109 cm³/mol. The molecule has 2 aromatic carbocycles. The molecule has 0 heterocycles. The minimum absolute atomic E-state index is 0. The van der Waals surface area contributed by atoms with Crippen LogP contribution in [-0.2, 0) is 6.54 Å². The molecule has 2 rings (SSSR count). The molecule has 0 saturated carbocycles. The number of rotatable bonds is 6. The molecular weight excluding hydrogens is 440 g/mol. The Morgan fingerprint density at radius 2 is 1.92 bits per heavy atom. The van der Waals surface area contributed by atoms with Crippen LogP contribution in [0.15, 0.2) is 58.4 Å². The molecule has 0 atom stereocenters. The van der Waals surface area contributed by atoms with Gasteiger partial charge in [0.15, 0.2) is 17.5 Å². The number of nitrogens with zero attached hydrogens (tertiary/aromatic N) is 1. The number of phenolic OH excluding ortho intramolecular Hbond substituents is 1. The van der Waals surface area contributed by atoms with Gasteiger partial charge in [0.25, 0.3) is 0 Å². The number of benzene rings is 2. The van der Waals surface area contributed by atoms with Crippen LogP contribution < -0.4 is 10.6 Å². The van der Waals surface area contributed by atoms with Gasteiger partial charge >= 0.3 is 0 Å². The highest BCUT2D eigenvalue weighted by molar-refractivity contribution is 14.0. The maximum absolute atomic E-state index is 13.3. The van der Waals surface area contributed by atoms with Crippen molar-refractivity contribution in [2.45, 2.75) is 11.4 Å². The first kappa shape index (κ1) is 20.6. The van der Waals surface area contributed by atoms with E-state index in [1.807, 2.05) is 18.2 Å². The molecule has 0 aromatic heterocycles. The van der Waals surface area contributed by atoms with Crippen molar-refractivity contribution in [3.8, 4) is 5.75 Å². The van der Waals surface area contributed by atoms with Gasteiger partial charge < -0.3 is 15.7 Å². The van der Waals surface area contributed by atoms with Gasteiger partial charge in [-0.25, -0.2) is 4.39 Å². The predicted octanol–water partition coefficient (Wildman–Crippen LogP) is 3.61. The van der Waals surface area contributed by atoms with Crippen molar-refractivity contribution >= 4 is 41.7 Å². The molecule has 0 fully saturated rings. The van der Waals surface area contributed by atoms with E-state index in [1.54, 1.807) is 24.9 Å². The highest BCUT2D eigenvalue weighted by Gasteiger charge is 2.03. The summed E-state index contributed by atoms with van der Waals surface area (Å²) in [5.41, 5.74) is 0.738. The van der Waals surface area contributed by atoms with Crippen LogP contribution in [0.5, 0.6) is 5.75 Å². The molecule has 0 bridgehead atoms. The summed E-state index contributed by atoms with van der Waals surface area (Å²) in [6.45, 7) is 1.20. The van der Waals surface area contributed by atoms with Crippen LogP contribution in [0.2, 0.25) is 0 Å². The normalized spacial score (nSPS) is 10.8. The van der Waals surface area contributed by atoms with Crippen molar-refractivity contribution in [3.05, 3.63) is 59.9 Å². The number of guanidine groups is 1. The van der Waals surface area contributed by atoms with Crippen molar-refractivity contribution in [1.82, 2.24) is 10.6 Å². The van der Waals surface area contributed by atoms with Crippen molar-refractivity contribution in [3.63, 3.8) is 0 Å². The molecule has 3 N–H and O–H groups in total. The van der Waals surface area contributed by atoms with Crippen LogP contribution >= 0.6 is 35.7 Å². The van der Waals surface area contributed by atoms with E-state index in [2.05, 4.69) is 27.8 Å². The number of aromatic hydroxyl groups is 1. The number of phenols is 1. The van der Waals surface area contributed by atoms with E-state index < -0.39 is 5.82 Å². The molecule has 130 valence electrons. The van der Waals surface area contributed by atoms with E-state index in [4.69, 9.17) is 0 Å². The van der Waals surface area contributed by atoms with Crippen LogP contribution in [0.25, 0.3) is 0 Å². The van der Waals surface area contributed by atoms with Crippen molar-refractivity contribution in [2.24, 2.45) is 4.99 Å². The third kappa shape index (κ3) is 6.96. The van der Waals surface area contributed by atoms with Gasteiger partial charge in [-0.05, 0) is 29.8 Å². The van der Waals surface area contributed by atoms with E-state index >= 15 is 0 Å². The molecule has 0 saturated heterocycles. The number of halogens is 2. The Labute approximate surface area is 163 Å². The highest BCUT2D eigenvalue weighted by Crippen LogP contribution is 2.16. The van der Waals surface area contributed by atoms with Gasteiger partial charge in [0.1, 0.15) is 0 Å². The average molecular weight is 461 g/mol. The molecule has 2 aromatic rings. The van der Waals surface area contributed by atoms with Gasteiger partial charge in [-0.2, -0.15) is 0 Å². The minimum atomic E-state index is -0.619. The Morgan fingerprint density at radius 1 is 1.17 bits per heavy atom. The quantitative estimate of drug-likeness (QED) is 0.202. The molecule has 0 radical (unpaired) electrons. The first-order valence-electron chi connectivity index (χ1n) is 7.29. The number of hydrogen-bond acceptors (Lipinski definition) is 3. The molecule has 0 aliphatic heterocycles. The van der Waals surface area contributed by atoms with Crippen molar-refractivity contribution in [2.75, 3.05) is 19.3 Å². The lowest BCUT2D eigenvalue weighted by molar-refractivity contribution is 0.431. The van der Waals surface area contributed by atoms with Gasteiger partial charge in [-0.15, -0.1) is 35.7 Å². The summed E-state index contributed by atoms with van der Waals surface area (Å²) >= 11 is 1.77. The molecule has 0 unspecified atom stereocenters. The summed E-state index contributed by atoms with van der Waals surface area (Å²) in [5, 5.41) is 15.5. The SMILES string of the molecule is CN=C(NCCSc1ccccc1)NCc1ccc(O)c(F)c1.I. The fourth-order valence-corrected chi connectivity index (χ4v) is 2.71. The zero-order valence-electron chi connectivity index (χ0n) is 13.3. The van der Waals surface area contributed by atoms with Gasteiger partial charge in [-0.3, -0.25) is 4.99 Å². The number of thioether (sulfide) groups is 1. The lowest BCUT2D eigenvalue weighted by Gasteiger charge is -2.12. The average Bonchev–Trinajstić information content (AvgIpc) is 2.58. The molecular formula is C17H21FIN3OS. The van der Waals surface area contributed by atoms with Gasteiger partial charge in [0.2, 0.25) is 0 Å². The maximum Gasteiger partial charge on any atom is 0.191 e. The molecule has 7 heteroatoms. The third-order valence-corrected chi connectivity index (χ3v) is 4.12. The lowest BCUT2D eigenvalue weighted by Crippen LogP contribution is -2.37. The molecule has 4 nitrogen and oxygen atoms in total. The van der Waals surface area contributed by atoms with Crippen molar-refractivity contribution < 1.29 is 9.50 Å². The largest absolute Gasteiger partial charge is 0.505 e. The molecule has 0 amide bonds. The zero-order chi connectivity index (χ0) is 16.5. The Bertz CT molecular complexity index is 656. The summed E-state index contributed by atoms with van der Waals surface area (Å²) in [5.74, 6) is 0.617. The molecule has 0 aliphatic rings. The number of aliphatic imine (C=N–C) groups is 1. The first-order chi connectivity index (χ1) is 11.2. The summed E-state index contributed by atoms with van der Waals surface area (Å²) in [6.07, 6.45) is 0. The van der Waals surface area contributed by atoms with Crippen LogP contribution in [-0.4, -0.2) is 30.4 Å². The summed E-state index contributed by atoms with van der Waals surface area (Å²) in [6, 6.07) is 14.5. The number of nitrogens with one attached hydrogen (secondary N) is 2. The van der Waals surface area contributed by atoms with Crippen LogP contribution in [0.1, 0.15) is 5.56 Å². The summed E-state index contributed by atoms with van der Waals surface area (Å²) in [4.78, 5) is 5.36. The van der Waals surface area contributed by atoms with Crippen molar-refractivity contribution in [1.29, 1.82) is 0 Å². The number of hydrogen-bond donors (Lipinski definition) is 3. The van der Waals surface area contributed by atoms with Gasteiger partial charge in [-0.1, -0.05) is 24.3 Å². The van der Waals surface area contributed by atoms with E-state index in [0.29, 0.717) is 12.5 Å². The maximum atomic E-state index is 13.3. The van der Waals surface area contributed by atoms with Crippen LogP contribution in [0, 0.1) is 5.82 Å². The minimum Gasteiger partial charge on any atom is -0.505 e. The Kier molecular flexibility index (Phi) is 9.55. The van der Waals surface area contributed by atoms with Gasteiger partial charge in [0, 0.05) is 30.8 Å². The first-order valence-corrected chi connectivity index (χ1v) is 8.27. The zero-order valence-corrected chi connectivity index (χ0v) is 16.5. The van der Waals surface area contributed by atoms with Crippen LogP contribution in [0.4, 0.5) is 4.39 Å². The smallest absolute Gasteiger partial charge is 0.191 e. The molecule has 0 aliphatic carbocycles. The fraction of sp³-hybridized carbons (Fsp3) is 0.235.